The van der Waals surface area contributed by atoms with Crippen molar-refractivity contribution in [1.29, 1.82) is 0 Å². The summed E-state index contributed by atoms with van der Waals surface area (Å²) in [7, 11) is 0. The predicted molar refractivity (Wildman–Crippen MR) is 61.7 cm³/mol. The first-order chi connectivity index (χ1) is 7.80. The highest BCUT2D eigenvalue weighted by Gasteiger charge is 2.46. The Morgan fingerprint density at radius 3 is 3.00 bits per heavy atom. The second kappa shape index (κ2) is 5.09. The fraction of sp³-hybridized carbons (Fsp3) is 0.846. The summed E-state index contributed by atoms with van der Waals surface area (Å²) in [4.78, 5) is 0. The predicted octanol–water partition coefficient (Wildman–Crippen LogP) is 3.21. The zero-order valence-corrected chi connectivity index (χ0v) is 10.3. The number of ether oxygens (including phenoxy) is 3. The molecule has 0 radical (unpaired) electrons. The first kappa shape index (κ1) is 11.8. The second-order valence-electron chi connectivity index (χ2n) is 4.48. The van der Waals surface area contributed by atoms with E-state index in [0.29, 0.717) is 25.1 Å². The fourth-order valence-electron chi connectivity index (χ4n) is 2.76. The van der Waals surface area contributed by atoms with Crippen molar-refractivity contribution in [3.05, 3.63) is 12.0 Å². The Balaban J connectivity index is 2.11. The highest BCUT2D eigenvalue weighted by Crippen LogP contribution is 2.44. The van der Waals surface area contributed by atoms with Crippen LogP contribution >= 0.6 is 0 Å². The molecule has 0 bridgehead atoms. The molecule has 92 valence electrons. The molecule has 2 aliphatic rings. The van der Waals surface area contributed by atoms with Crippen LogP contribution < -0.4 is 0 Å². The molecule has 0 N–H and O–H groups in total. The molecule has 1 fully saturated rings. The molecule has 2 rings (SSSR count). The Hall–Kier alpha value is -0.700. The summed E-state index contributed by atoms with van der Waals surface area (Å²) in [5.41, 5.74) is 0. The monoisotopic (exact) mass is 226 g/mol. The first-order valence-corrected chi connectivity index (χ1v) is 6.46. The summed E-state index contributed by atoms with van der Waals surface area (Å²) >= 11 is 0. The van der Waals surface area contributed by atoms with Crippen LogP contribution in [0.4, 0.5) is 0 Å². The number of hydrogen-bond donors (Lipinski definition) is 0. The summed E-state index contributed by atoms with van der Waals surface area (Å²) in [6.07, 6.45) is 7.77. The largest absolute Gasteiger partial charge is 0.466 e. The van der Waals surface area contributed by atoms with Gasteiger partial charge >= 0.3 is 0 Å². The lowest BCUT2D eigenvalue weighted by molar-refractivity contribution is -0.284. The fourth-order valence-corrected chi connectivity index (χ4v) is 2.76. The third-order valence-corrected chi connectivity index (χ3v) is 3.47. The van der Waals surface area contributed by atoms with Crippen molar-refractivity contribution < 1.29 is 14.2 Å². The molecule has 1 saturated carbocycles. The lowest BCUT2D eigenvalue weighted by atomic mass is 9.80. The first-order valence-electron chi connectivity index (χ1n) is 6.46. The third-order valence-electron chi connectivity index (χ3n) is 3.47. The molecule has 1 aliphatic carbocycles. The van der Waals surface area contributed by atoms with E-state index < -0.39 is 5.79 Å². The maximum Gasteiger partial charge on any atom is 0.277 e. The van der Waals surface area contributed by atoms with Crippen molar-refractivity contribution in [2.24, 2.45) is 5.92 Å². The van der Waals surface area contributed by atoms with Gasteiger partial charge in [-0.05, 0) is 39.2 Å². The van der Waals surface area contributed by atoms with Gasteiger partial charge in [-0.1, -0.05) is 6.42 Å². The van der Waals surface area contributed by atoms with Crippen LogP contribution in [0.5, 0.6) is 0 Å². The van der Waals surface area contributed by atoms with Crippen molar-refractivity contribution in [2.75, 3.05) is 13.2 Å². The smallest absolute Gasteiger partial charge is 0.277 e. The van der Waals surface area contributed by atoms with Crippen LogP contribution in [0.25, 0.3) is 0 Å². The van der Waals surface area contributed by atoms with Crippen LogP contribution in [0.2, 0.25) is 0 Å². The van der Waals surface area contributed by atoms with Crippen LogP contribution in [-0.4, -0.2) is 19.0 Å². The molecule has 2 unspecified atom stereocenters. The van der Waals surface area contributed by atoms with Crippen molar-refractivity contribution in [3.63, 3.8) is 0 Å². The Morgan fingerprint density at radius 1 is 1.38 bits per heavy atom. The molecular formula is C13H22O3. The maximum absolute atomic E-state index is 5.98. The standard InChI is InChI=1S/C13H22O3/c1-3-14-12-9-8-11-7-5-6-10-13(11,16-12)15-4-2/h9,11H,3-8,10H2,1-2H3. The lowest BCUT2D eigenvalue weighted by Crippen LogP contribution is -2.47. The molecule has 3 nitrogen and oxygen atoms in total. The van der Waals surface area contributed by atoms with E-state index in [4.69, 9.17) is 14.2 Å². The molecule has 1 aliphatic heterocycles. The minimum atomic E-state index is -0.397. The van der Waals surface area contributed by atoms with Crippen molar-refractivity contribution in [2.45, 2.75) is 51.7 Å². The molecule has 0 aromatic carbocycles. The van der Waals surface area contributed by atoms with Crippen LogP contribution in [0, 0.1) is 5.92 Å². The molecule has 0 saturated heterocycles. The van der Waals surface area contributed by atoms with E-state index in [1.807, 2.05) is 13.8 Å². The Bertz CT molecular complexity index is 258. The lowest BCUT2D eigenvalue weighted by Gasteiger charge is -2.45. The SMILES string of the molecule is CCOC1=CCC2CCCCC2(OCC)O1. The van der Waals surface area contributed by atoms with E-state index in [0.717, 1.165) is 12.8 Å². The minimum absolute atomic E-state index is 0.397. The number of fused-ring (bicyclic) bond motifs is 1. The van der Waals surface area contributed by atoms with Gasteiger partial charge in [0.15, 0.2) is 0 Å². The zero-order valence-electron chi connectivity index (χ0n) is 10.3. The van der Waals surface area contributed by atoms with Gasteiger partial charge in [0.1, 0.15) is 0 Å². The van der Waals surface area contributed by atoms with E-state index in [1.54, 1.807) is 0 Å². The molecular weight excluding hydrogens is 204 g/mol. The van der Waals surface area contributed by atoms with E-state index in [9.17, 15) is 0 Å². The summed E-state index contributed by atoms with van der Waals surface area (Å²) in [6, 6.07) is 0. The molecule has 0 spiro atoms. The topological polar surface area (TPSA) is 27.7 Å². The van der Waals surface area contributed by atoms with Gasteiger partial charge in [-0.15, -0.1) is 0 Å². The normalized spacial score (nSPS) is 33.6. The van der Waals surface area contributed by atoms with E-state index in [2.05, 4.69) is 6.08 Å². The number of rotatable bonds is 4. The second-order valence-corrected chi connectivity index (χ2v) is 4.48. The number of hydrogen-bond acceptors (Lipinski definition) is 3. The molecule has 16 heavy (non-hydrogen) atoms. The summed E-state index contributed by atoms with van der Waals surface area (Å²) in [6.45, 7) is 5.36. The number of allylic oxidation sites excluding steroid dienone is 1. The van der Waals surface area contributed by atoms with Gasteiger partial charge in [-0.3, -0.25) is 0 Å². The van der Waals surface area contributed by atoms with E-state index in [-0.39, 0.29) is 0 Å². The molecule has 0 aromatic heterocycles. The molecule has 3 heteroatoms. The van der Waals surface area contributed by atoms with Gasteiger partial charge in [0.25, 0.3) is 5.95 Å². The quantitative estimate of drug-likeness (QED) is 0.736. The van der Waals surface area contributed by atoms with E-state index in [1.165, 1.54) is 19.3 Å². The molecule has 2 atom stereocenters. The van der Waals surface area contributed by atoms with Gasteiger partial charge in [0.2, 0.25) is 5.79 Å². The highest BCUT2D eigenvalue weighted by atomic mass is 16.8. The van der Waals surface area contributed by atoms with Crippen molar-refractivity contribution >= 4 is 0 Å². The maximum atomic E-state index is 5.98. The Labute approximate surface area is 97.8 Å². The third kappa shape index (κ3) is 2.19. The van der Waals surface area contributed by atoms with Gasteiger partial charge in [-0.2, -0.15) is 0 Å². The molecule has 0 amide bonds. The van der Waals surface area contributed by atoms with E-state index >= 15 is 0 Å². The van der Waals surface area contributed by atoms with Crippen LogP contribution in [0.1, 0.15) is 46.0 Å². The summed E-state index contributed by atoms with van der Waals surface area (Å²) in [5.74, 6) is 0.770. The van der Waals surface area contributed by atoms with Gasteiger partial charge in [0.05, 0.1) is 6.61 Å². The van der Waals surface area contributed by atoms with Crippen molar-refractivity contribution in [3.8, 4) is 0 Å². The van der Waals surface area contributed by atoms with Crippen molar-refractivity contribution in [1.82, 2.24) is 0 Å². The zero-order chi connectivity index (χ0) is 11.4. The highest BCUT2D eigenvalue weighted by molar-refractivity contribution is 5.00. The average molecular weight is 226 g/mol. The average Bonchev–Trinajstić information content (AvgIpc) is 2.29. The summed E-state index contributed by atoms with van der Waals surface area (Å²) < 4.78 is 17.3. The Kier molecular flexibility index (Phi) is 3.74. The van der Waals surface area contributed by atoms with Crippen LogP contribution in [0.3, 0.4) is 0 Å². The van der Waals surface area contributed by atoms with Crippen LogP contribution in [-0.2, 0) is 14.2 Å². The van der Waals surface area contributed by atoms with Gasteiger partial charge < -0.3 is 14.2 Å². The van der Waals surface area contributed by atoms with Gasteiger partial charge in [-0.25, -0.2) is 0 Å². The summed E-state index contributed by atoms with van der Waals surface area (Å²) in [5, 5.41) is 0. The van der Waals surface area contributed by atoms with Gasteiger partial charge in [0, 0.05) is 18.9 Å². The molecule has 0 aromatic rings. The Morgan fingerprint density at radius 2 is 2.25 bits per heavy atom. The molecule has 1 heterocycles. The van der Waals surface area contributed by atoms with Crippen LogP contribution in [0.15, 0.2) is 12.0 Å². The minimum Gasteiger partial charge on any atom is -0.466 e.